The van der Waals surface area contributed by atoms with Crippen molar-refractivity contribution in [1.82, 2.24) is 5.32 Å². The van der Waals surface area contributed by atoms with E-state index in [1.165, 1.54) is 154 Å². The minimum Gasteiger partial charge on any atom is -0.387 e. The normalized spacial score (nSPS) is 13.2. The number of aliphatic hydroxyl groups is 1. The third kappa shape index (κ3) is 30.0. The van der Waals surface area contributed by atoms with Crippen LogP contribution in [-0.2, 0) is 4.79 Å². The minimum atomic E-state index is -0.595. The minimum absolute atomic E-state index is 0.0787. The summed E-state index contributed by atoms with van der Waals surface area (Å²) >= 11 is 0. The van der Waals surface area contributed by atoms with Gasteiger partial charge in [-0.2, -0.15) is 0 Å². The second-order valence-corrected chi connectivity index (χ2v) is 12.3. The zero-order chi connectivity index (χ0) is 28.7. The highest BCUT2D eigenvalue weighted by Crippen LogP contribution is 2.14. The molecule has 3 nitrogen and oxygen atoms in total. The van der Waals surface area contributed by atoms with Crippen molar-refractivity contribution in [3.05, 3.63) is 12.2 Å². The molecular formula is C36H71NO2. The number of aliphatic hydroxyl groups excluding tert-OH is 1. The Bertz CT molecular complexity index is 518. The first-order valence-electron chi connectivity index (χ1n) is 17.8. The lowest BCUT2D eigenvalue weighted by Crippen LogP contribution is -2.40. The molecule has 0 saturated carbocycles. The van der Waals surface area contributed by atoms with E-state index < -0.39 is 6.10 Å². The van der Waals surface area contributed by atoms with Gasteiger partial charge in [0.2, 0.25) is 5.91 Å². The van der Waals surface area contributed by atoms with E-state index in [-0.39, 0.29) is 11.9 Å². The zero-order valence-corrected chi connectivity index (χ0v) is 27.0. The van der Waals surface area contributed by atoms with Gasteiger partial charge in [-0.05, 0) is 26.2 Å². The molecule has 2 N–H and O–H groups in total. The first-order valence-corrected chi connectivity index (χ1v) is 17.8. The third-order valence-corrected chi connectivity index (χ3v) is 8.22. The summed E-state index contributed by atoms with van der Waals surface area (Å²) in [4.78, 5) is 12.2. The summed E-state index contributed by atoms with van der Waals surface area (Å²) in [6.45, 7) is 6.46. The number of hydrogen-bond acceptors (Lipinski definition) is 2. The van der Waals surface area contributed by atoms with Crippen molar-refractivity contribution in [2.75, 3.05) is 0 Å². The lowest BCUT2D eigenvalue weighted by Gasteiger charge is -2.17. The number of rotatable bonds is 31. The summed E-state index contributed by atoms with van der Waals surface area (Å²) in [6.07, 6.45) is 39.9. The lowest BCUT2D eigenvalue weighted by atomic mass is 10.0. The Morgan fingerprint density at radius 1 is 0.564 bits per heavy atom. The Morgan fingerprint density at radius 3 is 1.28 bits per heavy atom. The number of amides is 1. The quantitative estimate of drug-likeness (QED) is 0.0667. The number of hydrogen-bond donors (Lipinski definition) is 2. The molecule has 0 aromatic carbocycles. The van der Waals surface area contributed by atoms with Crippen molar-refractivity contribution in [2.45, 2.75) is 213 Å². The molecule has 2 atom stereocenters. The fraction of sp³-hybridized carbons (Fsp3) is 0.917. The highest BCUT2D eigenvalue weighted by molar-refractivity contribution is 5.76. The first-order chi connectivity index (χ1) is 19.1. The van der Waals surface area contributed by atoms with Gasteiger partial charge in [-0.1, -0.05) is 180 Å². The maximum atomic E-state index is 12.2. The van der Waals surface area contributed by atoms with Gasteiger partial charge in [0.05, 0.1) is 12.1 Å². The second-order valence-electron chi connectivity index (χ2n) is 12.3. The van der Waals surface area contributed by atoms with Crippen LogP contribution in [-0.4, -0.2) is 23.2 Å². The first kappa shape index (κ1) is 38.2. The molecule has 0 aromatic rings. The van der Waals surface area contributed by atoms with E-state index in [4.69, 9.17) is 0 Å². The molecule has 2 unspecified atom stereocenters. The van der Waals surface area contributed by atoms with E-state index in [1.54, 1.807) is 0 Å². The van der Waals surface area contributed by atoms with Crippen LogP contribution in [0.3, 0.4) is 0 Å². The highest BCUT2D eigenvalue weighted by atomic mass is 16.3. The maximum Gasteiger partial charge on any atom is 0.220 e. The average molecular weight is 550 g/mol. The molecule has 0 aromatic heterocycles. The number of carbonyl (C=O) groups excluding carboxylic acids is 1. The second kappa shape index (κ2) is 31.7. The molecule has 0 saturated heterocycles. The van der Waals surface area contributed by atoms with Crippen molar-refractivity contribution in [1.29, 1.82) is 0 Å². The predicted octanol–water partition coefficient (Wildman–Crippen LogP) is 11.4. The summed E-state index contributed by atoms with van der Waals surface area (Å²) in [6, 6.07) is -0.220. The molecule has 232 valence electrons. The molecule has 1 amide bonds. The fourth-order valence-electron chi connectivity index (χ4n) is 5.40. The van der Waals surface area contributed by atoms with Gasteiger partial charge in [0.1, 0.15) is 0 Å². The van der Waals surface area contributed by atoms with Gasteiger partial charge < -0.3 is 10.4 Å². The van der Waals surface area contributed by atoms with Gasteiger partial charge >= 0.3 is 0 Å². The topological polar surface area (TPSA) is 49.3 Å². The van der Waals surface area contributed by atoms with Crippen LogP contribution in [0.5, 0.6) is 0 Å². The van der Waals surface area contributed by atoms with Crippen LogP contribution in [0, 0.1) is 0 Å². The van der Waals surface area contributed by atoms with Crippen molar-refractivity contribution < 1.29 is 9.90 Å². The summed E-state index contributed by atoms with van der Waals surface area (Å²) < 4.78 is 0. The van der Waals surface area contributed by atoms with Crippen molar-refractivity contribution in [2.24, 2.45) is 0 Å². The van der Waals surface area contributed by atoms with Crippen LogP contribution in [0.1, 0.15) is 201 Å². The van der Waals surface area contributed by atoms with Crippen LogP contribution in [0.4, 0.5) is 0 Å². The van der Waals surface area contributed by atoms with Crippen LogP contribution in [0.25, 0.3) is 0 Å². The van der Waals surface area contributed by atoms with Crippen molar-refractivity contribution in [3.63, 3.8) is 0 Å². The number of carbonyl (C=O) groups is 1. The van der Waals surface area contributed by atoms with Gasteiger partial charge in [-0.25, -0.2) is 0 Å². The van der Waals surface area contributed by atoms with E-state index in [9.17, 15) is 9.90 Å². The molecule has 0 fully saturated rings. The Balaban J connectivity index is 3.48. The molecular weight excluding hydrogens is 478 g/mol. The van der Waals surface area contributed by atoms with Crippen LogP contribution in [0.2, 0.25) is 0 Å². The summed E-state index contributed by atoms with van der Waals surface area (Å²) in [5.41, 5.74) is 0. The molecule has 0 aliphatic rings. The molecule has 0 rings (SSSR count). The Hall–Kier alpha value is -0.830. The van der Waals surface area contributed by atoms with Gasteiger partial charge in [0.25, 0.3) is 0 Å². The molecule has 0 radical (unpaired) electrons. The molecule has 39 heavy (non-hydrogen) atoms. The van der Waals surface area contributed by atoms with Crippen LogP contribution in [0.15, 0.2) is 12.2 Å². The van der Waals surface area contributed by atoms with Crippen molar-refractivity contribution >= 4 is 5.91 Å². The van der Waals surface area contributed by atoms with Gasteiger partial charge in [0, 0.05) is 6.42 Å². The Morgan fingerprint density at radius 2 is 0.897 bits per heavy atom. The van der Waals surface area contributed by atoms with Crippen molar-refractivity contribution in [3.8, 4) is 0 Å². The lowest BCUT2D eigenvalue weighted by molar-refractivity contribution is -0.122. The molecule has 0 spiro atoms. The van der Waals surface area contributed by atoms with E-state index >= 15 is 0 Å². The molecule has 0 aliphatic carbocycles. The maximum absolute atomic E-state index is 12.2. The van der Waals surface area contributed by atoms with Gasteiger partial charge in [-0.15, -0.1) is 0 Å². The van der Waals surface area contributed by atoms with E-state index in [0.29, 0.717) is 6.42 Å². The molecule has 0 heterocycles. The summed E-state index contributed by atoms with van der Waals surface area (Å²) in [5.74, 6) is 0.0787. The summed E-state index contributed by atoms with van der Waals surface area (Å²) in [5, 5.41) is 13.3. The molecule has 0 bridgehead atoms. The monoisotopic (exact) mass is 550 g/mol. The van der Waals surface area contributed by atoms with Crippen LogP contribution >= 0.6 is 0 Å². The average Bonchev–Trinajstić information content (AvgIpc) is 2.93. The Kier molecular flexibility index (Phi) is 31.0. The molecule has 0 aliphatic heterocycles. The summed E-state index contributed by atoms with van der Waals surface area (Å²) in [7, 11) is 0. The standard InChI is InChI=1S/C36H71NO2/c1-4-6-8-10-12-14-16-18-19-21-23-25-27-29-31-33-36(39)37-34(3)35(38)32-30-28-26-24-22-20-17-15-13-11-9-7-5-2/h30,32,34-35,38H,4-29,31,33H2,1-3H3,(H,37,39)/b32-30+. The van der Waals surface area contributed by atoms with E-state index in [2.05, 4.69) is 25.2 Å². The smallest absolute Gasteiger partial charge is 0.220 e. The largest absolute Gasteiger partial charge is 0.387 e. The third-order valence-electron chi connectivity index (χ3n) is 8.22. The number of allylic oxidation sites excluding steroid dienone is 1. The predicted molar refractivity (Wildman–Crippen MR) is 173 cm³/mol. The van der Waals surface area contributed by atoms with E-state index in [0.717, 1.165) is 19.3 Å². The highest BCUT2D eigenvalue weighted by Gasteiger charge is 2.13. The van der Waals surface area contributed by atoms with Gasteiger partial charge in [0.15, 0.2) is 0 Å². The fourth-order valence-corrected chi connectivity index (χ4v) is 5.40. The van der Waals surface area contributed by atoms with Gasteiger partial charge in [-0.3, -0.25) is 4.79 Å². The number of nitrogens with one attached hydrogen (secondary N) is 1. The van der Waals surface area contributed by atoms with E-state index in [1.807, 2.05) is 13.0 Å². The Labute approximate surface area is 245 Å². The number of unbranched alkanes of at least 4 members (excludes halogenated alkanes) is 25. The SMILES string of the molecule is CCCCCCCCCCCCC/C=C/C(O)C(C)NC(=O)CCCCCCCCCCCCCCCCC. The van der Waals surface area contributed by atoms with Crippen LogP contribution < -0.4 is 5.32 Å². The molecule has 3 heteroatoms. The zero-order valence-electron chi connectivity index (χ0n) is 27.0.